The van der Waals surface area contributed by atoms with Crippen LogP contribution in [0.5, 0.6) is 5.75 Å². The van der Waals surface area contributed by atoms with Gasteiger partial charge in [0.2, 0.25) is 0 Å². The molecule has 1 amide bonds. The number of hydrogen-bond acceptors (Lipinski definition) is 3. The second kappa shape index (κ2) is 7.82. The highest BCUT2D eigenvalue weighted by Gasteiger charge is 2.27. The smallest absolute Gasteiger partial charge is 0.260 e. The molecule has 23 heavy (non-hydrogen) atoms. The summed E-state index contributed by atoms with van der Waals surface area (Å²) in [6.07, 6.45) is 6.43. The van der Waals surface area contributed by atoms with Gasteiger partial charge in [0.05, 0.1) is 0 Å². The van der Waals surface area contributed by atoms with Gasteiger partial charge >= 0.3 is 0 Å². The molecule has 0 bridgehead atoms. The maximum absolute atomic E-state index is 12.3. The SMILES string of the molecule is CCc1ccc(OCC(=O)N2CCN(C3CCCC3)CC2)cc1. The number of nitrogens with zero attached hydrogens (tertiary/aromatic N) is 2. The van der Waals surface area contributed by atoms with Gasteiger partial charge in [-0.1, -0.05) is 31.9 Å². The highest BCUT2D eigenvalue weighted by atomic mass is 16.5. The third kappa shape index (κ3) is 4.25. The first-order valence-corrected chi connectivity index (χ1v) is 9.00. The van der Waals surface area contributed by atoms with Crippen molar-refractivity contribution in [3.63, 3.8) is 0 Å². The van der Waals surface area contributed by atoms with Crippen LogP contribution in [0, 0.1) is 0 Å². The Morgan fingerprint density at radius 3 is 2.35 bits per heavy atom. The third-order valence-corrected chi connectivity index (χ3v) is 5.20. The average Bonchev–Trinajstić information content (AvgIpc) is 3.15. The second-order valence-electron chi connectivity index (χ2n) is 6.64. The Morgan fingerprint density at radius 1 is 1.09 bits per heavy atom. The Bertz CT molecular complexity index is 501. The average molecular weight is 316 g/mol. The molecule has 2 fully saturated rings. The van der Waals surface area contributed by atoms with E-state index >= 15 is 0 Å². The van der Waals surface area contributed by atoms with E-state index in [1.54, 1.807) is 0 Å². The predicted molar refractivity (Wildman–Crippen MR) is 91.7 cm³/mol. The van der Waals surface area contributed by atoms with Gasteiger partial charge in [0.1, 0.15) is 5.75 Å². The Labute approximate surface area is 139 Å². The Morgan fingerprint density at radius 2 is 1.74 bits per heavy atom. The fourth-order valence-corrected chi connectivity index (χ4v) is 3.66. The van der Waals surface area contributed by atoms with E-state index in [1.165, 1.54) is 31.2 Å². The maximum Gasteiger partial charge on any atom is 0.260 e. The number of rotatable bonds is 5. The molecule has 1 saturated heterocycles. The van der Waals surface area contributed by atoms with E-state index in [-0.39, 0.29) is 12.5 Å². The molecule has 0 radical (unpaired) electrons. The van der Waals surface area contributed by atoms with Crippen LogP contribution >= 0.6 is 0 Å². The van der Waals surface area contributed by atoms with Crippen molar-refractivity contribution in [1.29, 1.82) is 0 Å². The van der Waals surface area contributed by atoms with Crippen molar-refractivity contribution >= 4 is 5.91 Å². The van der Waals surface area contributed by atoms with Gasteiger partial charge in [-0.3, -0.25) is 9.69 Å². The van der Waals surface area contributed by atoms with E-state index in [1.807, 2.05) is 17.0 Å². The molecule has 0 atom stereocenters. The molecule has 0 unspecified atom stereocenters. The Hall–Kier alpha value is -1.55. The number of carbonyl (C=O) groups excluding carboxylic acids is 1. The van der Waals surface area contributed by atoms with Gasteiger partial charge in [-0.05, 0) is 37.0 Å². The van der Waals surface area contributed by atoms with Crippen molar-refractivity contribution in [3.8, 4) is 5.75 Å². The number of hydrogen-bond donors (Lipinski definition) is 0. The first-order chi connectivity index (χ1) is 11.3. The fraction of sp³-hybridized carbons (Fsp3) is 0.632. The fourth-order valence-electron chi connectivity index (χ4n) is 3.66. The van der Waals surface area contributed by atoms with Gasteiger partial charge in [-0.25, -0.2) is 0 Å². The summed E-state index contributed by atoms with van der Waals surface area (Å²) in [5, 5.41) is 0. The van der Waals surface area contributed by atoms with E-state index in [4.69, 9.17) is 4.74 Å². The summed E-state index contributed by atoms with van der Waals surface area (Å²) in [4.78, 5) is 16.8. The van der Waals surface area contributed by atoms with E-state index in [0.717, 1.165) is 44.4 Å². The number of amides is 1. The zero-order valence-electron chi connectivity index (χ0n) is 14.2. The van der Waals surface area contributed by atoms with E-state index in [9.17, 15) is 4.79 Å². The standard InChI is InChI=1S/C19H28N2O2/c1-2-16-7-9-18(10-8-16)23-15-19(22)21-13-11-20(12-14-21)17-5-3-4-6-17/h7-10,17H,2-6,11-15H2,1H3. The summed E-state index contributed by atoms with van der Waals surface area (Å²) in [5.74, 6) is 0.885. The zero-order valence-corrected chi connectivity index (χ0v) is 14.2. The van der Waals surface area contributed by atoms with Crippen LogP contribution in [-0.4, -0.2) is 54.5 Å². The van der Waals surface area contributed by atoms with Gasteiger partial charge in [-0.15, -0.1) is 0 Å². The lowest BCUT2D eigenvalue weighted by Crippen LogP contribution is -2.52. The number of carbonyl (C=O) groups is 1. The summed E-state index contributed by atoms with van der Waals surface area (Å²) in [6.45, 7) is 5.99. The number of aryl methyl sites for hydroxylation is 1. The lowest BCUT2D eigenvalue weighted by atomic mass is 10.2. The van der Waals surface area contributed by atoms with Crippen LogP contribution in [0.4, 0.5) is 0 Å². The minimum atomic E-state index is 0.107. The topological polar surface area (TPSA) is 32.8 Å². The molecule has 0 spiro atoms. The van der Waals surface area contributed by atoms with E-state index in [2.05, 4.69) is 24.0 Å². The van der Waals surface area contributed by atoms with Crippen molar-refractivity contribution in [3.05, 3.63) is 29.8 Å². The van der Waals surface area contributed by atoms with Gasteiger partial charge in [0.15, 0.2) is 6.61 Å². The van der Waals surface area contributed by atoms with Gasteiger partial charge in [-0.2, -0.15) is 0 Å². The number of ether oxygens (including phenoxy) is 1. The molecule has 2 aliphatic rings. The molecule has 1 aliphatic heterocycles. The lowest BCUT2D eigenvalue weighted by molar-refractivity contribution is -0.135. The summed E-state index contributed by atoms with van der Waals surface area (Å²) in [5.41, 5.74) is 1.28. The Kier molecular flexibility index (Phi) is 5.55. The molecule has 0 N–H and O–H groups in total. The molecule has 4 nitrogen and oxygen atoms in total. The molecule has 4 heteroatoms. The summed E-state index contributed by atoms with van der Waals surface area (Å²) < 4.78 is 5.64. The molecule has 126 valence electrons. The van der Waals surface area contributed by atoms with Gasteiger partial charge in [0, 0.05) is 32.2 Å². The summed E-state index contributed by atoms with van der Waals surface area (Å²) in [6, 6.07) is 8.77. The zero-order chi connectivity index (χ0) is 16.1. The van der Waals surface area contributed by atoms with Crippen LogP contribution < -0.4 is 4.74 Å². The summed E-state index contributed by atoms with van der Waals surface area (Å²) in [7, 11) is 0. The normalized spacial score (nSPS) is 20.0. The van der Waals surface area contributed by atoms with Crippen molar-refractivity contribution < 1.29 is 9.53 Å². The monoisotopic (exact) mass is 316 g/mol. The Balaban J connectivity index is 1.42. The molecule has 0 aromatic heterocycles. The minimum Gasteiger partial charge on any atom is -0.484 e. The molecule has 1 aromatic carbocycles. The molecule has 1 heterocycles. The largest absolute Gasteiger partial charge is 0.484 e. The van der Waals surface area contributed by atoms with Crippen LogP contribution in [0.25, 0.3) is 0 Å². The first-order valence-electron chi connectivity index (χ1n) is 9.00. The summed E-state index contributed by atoms with van der Waals surface area (Å²) >= 11 is 0. The van der Waals surface area contributed by atoms with Crippen molar-refractivity contribution in [1.82, 2.24) is 9.80 Å². The molecule has 1 saturated carbocycles. The van der Waals surface area contributed by atoms with Crippen LogP contribution in [-0.2, 0) is 11.2 Å². The van der Waals surface area contributed by atoms with E-state index in [0.29, 0.717) is 0 Å². The number of piperazine rings is 1. The van der Waals surface area contributed by atoms with Crippen LogP contribution in [0.3, 0.4) is 0 Å². The van der Waals surface area contributed by atoms with Crippen molar-refractivity contribution in [2.45, 2.75) is 45.1 Å². The first kappa shape index (κ1) is 16.3. The minimum absolute atomic E-state index is 0.107. The van der Waals surface area contributed by atoms with Gasteiger partial charge in [0.25, 0.3) is 5.91 Å². The van der Waals surface area contributed by atoms with Gasteiger partial charge < -0.3 is 9.64 Å². The van der Waals surface area contributed by atoms with Crippen LogP contribution in [0.2, 0.25) is 0 Å². The third-order valence-electron chi connectivity index (χ3n) is 5.20. The predicted octanol–water partition coefficient (Wildman–Crippen LogP) is 2.71. The van der Waals surface area contributed by atoms with Crippen molar-refractivity contribution in [2.24, 2.45) is 0 Å². The molecule has 3 rings (SSSR count). The van der Waals surface area contributed by atoms with Crippen LogP contribution in [0.15, 0.2) is 24.3 Å². The molecular weight excluding hydrogens is 288 g/mol. The molecule has 1 aromatic rings. The number of benzene rings is 1. The second-order valence-corrected chi connectivity index (χ2v) is 6.64. The lowest BCUT2D eigenvalue weighted by Gasteiger charge is -2.38. The van der Waals surface area contributed by atoms with E-state index < -0.39 is 0 Å². The highest BCUT2D eigenvalue weighted by molar-refractivity contribution is 5.77. The molecule has 1 aliphatic carbocycles. The quantitative estimate of drug-likeness (QED) is 0.837. The molecular formula is C19H28N2O2. The van der Waals surface area contributed by atoms with Crippen molar-refractivity contribution in [2.75, 3.05) is 32.8 Å². The highest BCUT2D eigenvalue weighted by Crippen LogP contribution is 2.24. The van der Waals surface area contributed by atoms with Crippen LogP contribution in [0.1, 0.15) is 38.2 Å². The maximum atomic E-state index is 12.3.